The molecule has 1 saturated heterocycles. The Kier molecular flexibility index (Phi) is 3.89. The van der Waals surface area contributed by atoms with Crippen LogP contribution in [0.3, 0.4) is 0 Å². The molecule has 5 nitrogen and oxygen atoms in total. The summed E-state index contributed by atoms with van der Waals surface area (Å²) in [7, 11) is 0. The van der Waals surface area contributed by atoms with E-state index >= 15 is 0 Å². The van der Waals surface area contributed by atoms with Crippen molar-refractivity contribution in [2.45, 2.75) is 25.8 Å². The highest BCUT2D eigenvalue weighted by Gasteiger charge is 2.20. The quantitative estimate of drug-likeness (QED) is 0.814. The molecule has 0 aliphatic carbocycles. The molecule has 1 aliphatic rings. The van der Waals surface area contributed by atoms with Gasteiger partial charge in [-0.3, -0.25) is 0 Å². The van der Waals surface area contributed by atoms with Crippen LogP contribution >= 0.6 is 11.6 Å². The minimum atomic E-state index is 0.324. The average molecular weight is 294 g/mol. The van der Waals surface area contributed by atoms with Crippen molar-refractivity contribution in [3.8, 4) is 11.6 Å². The Labute approximate surface area is 122 Å². The summed E-state index contributed by atoms with van der Waals surface area (Å²) in [6.45, 7) is 3.50. The van der Waals surface area contributed by atoms with E-state index in [1.54, 1.807) is 18.3 Å². The Morgan fingerprint density at radius 3 is 2.90 bits per heavy atom. The van der Waals surface area contributed by atoms with E-state index in [0.717, 1.165) is 37.6 Å². The SMILES string of the molecule is Cc1cc(Oc2ccnc(Cl)c2)n(C2CCOCC2)n1. The maximum absolute atomic E-state index is 5.90. The molecule has 3 rings (SSSR count). The van der Waals surface area contributed by atoms with Crippen LogP contribution in [0.1, 0.15) is 24.6 Å². The summed E-state index contributed by atoms with van der Waals surface area (Å²) in [4.78, 5) is 3.95. The van der Waals surface area contributed by atoms with Gasteiger partial charge in [0, 0.05) is 31.5 Å². The molecule has 106 valence electrons. The molecular formula is C14H16ClN3O2. The third-order valence-corrected chi connectivity index (χ3v) is 3.49. The molecule has 20 heavy (non-hydrogen) atoms. The lowest BCUT2D eigenvalue weighted by atomic mass is 10.1. The van der Waals surface area contributed by atoms with Gasteiger partial charge >= 0.3 is 0 Å². The number of hydrogen-bond acceptors (Lipinski definition) is 4. The summed E-state index contributed by atoms with van der Waals surface area (Å²) >= 11 is 5.87. The zero-order valence-corrected chi connectivity index (χ0v) is 12.0. The first-order chi connectivity index (χ1) is 9.72. The Morgan fingerprint density at radius 2 is 2.15 bits per heavy atom. The molecule has 0 bridgehead atoms. The van der Waals surface area contributed by atoms with E-state index in [1.165, 1.54) is 0 Å². The number of hydrogen-bond donors (Lipinski definition) is 0. The number of pyridine rings is 1. The predicted octanol–water partition coefficient (Wildman–Crippen LogP) is 3.38. The smallest absolute Gasteiger partial charge is 0.218 e. The molecule has 1 aliphatic heterocycles. The van der Waals surface area contributed by atoms with Gasteiger partial charge in [-0.25, -0.2) is 9.67 Å². The first-order valence-electron chi connectivity index (χ1n) is 6.66. The number of halogens is 1. The van der Waals surface area contributed by atoms with E-state index in [9.17, 15) is 0 Å². The monoisotopic (exact) mass is 293 g/mol. The zero-order valence-electron chi connectivity index (χ0n) is 11.3. The third-order valence-electron chi connectivity index (χ3n) is 3.28. The van der Waals surface area contributed by atoms with Gasteiger partial charge in [-0.05, 0) is 25.8 Å². The molecule has 2 aromatic rings. The topological polar surface area (TPSA) is 49.2 Å². The number of aromatic nitrogens is 3. The van der Waals surface area contributed by atoms with Crippen molar-refractivity contribution < 1.29 is 9.47 Å². The van der Waals surface area contributed by atoms with Gasteiger partial charge in [0.2, 0.25) is 5.88 Å². The van der Waals surface area contributed by atoms with E-state index in [1.807, 2.05) is 17.7 Å². The van der Waals surface area contributed by atoms with Crippen molar-refractivity contribution in [3.05, 3.63) is 35.2 Å². The fourth-order valence-electron chi connectivity index (χ4n) is 2.33. The molecule has 0 amide bonds. The van der Waals surface area contributed by atoms with E-state index in [4.69, 9.17) is 21.1 Å². The molecule has 0 saturated carbocycles. The van der Waals surface area contributed by atoms with Gasteiger partial charge in [0.1, 0.15) is 10.9 Å². The molecule has 0 unspecified atom stereocenters. The summed E-state index contributed by atoms with van der Waals surface area (Å²) in [6, 6.07) is 5.73. The fourth-order valence-corrected chi connectivity index (χ4v) is 2.49. The fraction of sp³-hybridized carbons (Fsp3) is 0.429. The van der Waals surface area contributed by atoms with Crippen LogP contribution in [0.5, 0.6) is 11.6 Å². The number of aryl methyl sites for hydroxylation is 1. The molecule has 0 atom stereocenters. The van der Waals surface area contributed by atoms with Crippen LogP contribution in [0.4, 0.5) is 0 Å². The van der Waals surface area contributed by atoms with Gasteiger partial charge < -0.3 is 9.47 Å². The van der Waals surface area contributed by atoms with Crippen LogP contribution in [-0.2, 0) is 4.74 Å². The molecule has 2 aromatic heterocycles. The lowest BCUT2D eigenvalue weighted by molar-refractivity contribution is 0.0642. The molecule has 6 heteroatoms. The van der Waals surface area contributed by atoms with Gasteiger partial charge in [-0.15, -0.1) is 0 Å². The van der Waals surface area contributed by atoms with Crippen molar-refractivity contribution >= 4 is 11.6 Å². The summed E-state index contributed by atoms with van der Waals surface area (Å²) in [5.41, 5.74) is 0.937. The van der Waals surface area contributed by atoms with E-state index in [0.29, 0.717) is 16.9 Å². The van der Waals surface area contributed by atoms with Gasteiger partial charge in [-0.1, -0.05) is 11.6 Å². The number of ether oxygens (including phenoxy) is 2. The maximum Gasteiger partial charge on any atom is 0.218 e. The summed E-state index contributed by atoms with van der Waals surface area (Å²) in [5.74, 6) is 1.40. The third kappa shape index (κ3) is 2.94. The van der Waals surface area contributed by atoms with Gasteiger partial charge in [0.15, 0.2) is 0 Å². The molecule has 0 radical (unpaired) electrons. The van der Waals surface area contributed by atoms with Gasteiger partial charge in [0.05, 0.1) is 11.7 Å². The molecule has 1 fully saturated rings. The molecule has 0 N–H and O–H groups in total. The summed E-state index contributed by atoms with van der Waals surface area (Å²) in [5, 5.41) is 4.95. The average Bonchev–Trinajstić information content (AvgIpc) is 2.80. The van der Waals surface area contributed by atoms with Crippen molar-refractivity contribution in [1.29, 1.82) is 0 Å². The van der Waals surface area contributed by atoms with Crippen molar-refractivity contribution in [1.82, 2.24) is 14.8 Å². The molecular weight excluding hydrogens is 278 g/mol. The molecule has 3 heterocycles. The highest BCUT2D eigenvalue weighted by atomic mass is 35.5. The standard InChI is InChI=1S/C14H16ClN3O2/c1-10-8-14(20-12-2-5-16-13(15)9-12)18(17-10)11-3-6-19-7-4-11/h2,5,8-9,11H,3-4,6-7H2,1H3. The van der Waals surface area contributed by atoms with Crippen LogP contribution < -0.4 is 4.74 Å². The van der Waals surface area contributed by atoms with Crippen LogP contribution in [0.25, 0.3) is 0 Å². The minimum Gasteiger partial charge on any atom is -0.439 e. The lowest BCUT2D eigenvalue weighted by Gasteiger charge is -2.23. The normalized spacial score (nSPS) is 16.3. The van der Waals surface area contributed by atoms with Gasteiger partial charge in [0.25, 0.3) is 0 Å². The first kappa shape index (κ1) is 13.4. The van der Waals surface area contributed by atoms with Crippen molar-refractivity contribution in [2.24, 2.45) is 0 Å². The minimum absolute atomic E-state index is 0.324. The van der Waals surface area contributed by atoms with E-state index in [2.05, 4.69) is 10.1 Å². The Hall–Kier alpha value is -1.59. The second kappa shape index (κ2) is 5.81. The zero-order chi connectivity index (χ0) is 13.9. The Balaban J connectivity index is 1.85. The Morgan fingerprint density at radius 1 is 1.35 bits per heavy atom. The Bertz CT molecular complexity index is 594. The van der Waals surface area contributed by atoms with Gasteiger partial charge in [-0.2, -0.15) is 5.10 Å². The first-order valence-corrected chi connectivity index (χ1v) is 7.03. The highest BCUT2D eigenvalue weighted by molar-refractivity contribution is 6.29. The largest absolute Gasteiger partial charge is 0.439 e. The summed E-state index contributed by atoms with van der Waals surface area (Å²) < 4.78 is 13.2. The van der Waals surface area contributed by atoms with Crippen molar-refractivity contribution in [3.63, 3.8) is 0 Å². The molecule has 0 spiro atoms. The predicted molar refractivity (Wildman–Crippen MR) is 75.4 cm³/mol. The lowest BCUT2D eigenvalue weighted by Crippen LogP contribution is -2.21. The number of rotatable bonds is 3. The summed E-state index contributed by atoms with van der Waals surface area (Å²) in [6.07, 6.45) is 3.53. The van der Waals surface area contributed by atoms with Crippen LogP contribution in [0.2, 0.25) is 5.15 Å². The second-order valence-corrected chi connectivity index (χ2v) is 5.22. The maximum atomic E-state index is 5.90. The molecule has 0 aromatic carbocycles. The van der Waals surface area contributed by atoms with E-state index in [-0.39, 0.29) is 0 Å². The van der Waals surface area contributed by atoms with Crippen LogP contribution in [-0.4, -0.2) is 28.0 Å². The second-order valence-electron chi connectivity index (χ2n) is 4.83. The van der Waals surface area contributed by atoms with Crippen LogP contribution in [0, 0.1) is 6.92 Å². The van der Waals surface area contributed by atoms with E-state index < -0.39 is 0 Å². The number of nitrogens with zero attached hydrogens (tertiary/aromatic N) is 3. The van der Waals surface area contributed by atoms with Crippen molar-refractivity contribution in [2.75, 3.05) is 13.2 Å². The van der Waals surface area contributed by atoms with Crippen LogP contribution in [0.15, 0.2) is 24.4 Å². The highest BCUT2D eigenvalue weighted by Crippen LogP contribution is 2.30.